The lowest BCUT2D eigenvalue weighted by Gasteiger charge is -2.13. The Balaban J connectivity index is 1.75. The molecule has 1 aromatic carbocycles. The zero-order chi connectivity index (χ0) is 17.1. The maximum atomic E-state index is 12.4. The van der Waals surface area contributed by atoms with Crippen LogP contribution in [0.4, 0.5) is 0 Å². The number of nitrogens with zero attached hydrogens (tertiary/aromatic N) is 2. The molecule has 0 saturated heterocycles. The van der Waals surface area contributed by atoms with Gasteiger partial charge in [0, 0.05) is 11.9 Å². The summed E-state index contributed by atoms with van der Waals surface area (Å²) < 4.78 is 1.50. The van der Waals surface area contributed by atoms with E-state index < -0.39 is 0 Å². The fourth-order valence-corrected chi connectivity index (χ4v) is 3.79. The van der Waals surface area contributed by atoms with E-state index in [0.29, 0.717) is 22.6 Å². The minimum atomic E-state index is -0.343. The van der Waals surface area contributed by atoms with Crippen LogP contribution in [0, 0.1) is 0 Å². The van der Waals surface area contributed by atoms with Crippen molar-refractivity contribution < 1.29 is 4.79 Å². The maximum Gasteiger partial charge on any atom is 0.261 e. The van der Waals surface area contributed by atoms with Crippen molar-refractivity contribution in [1.29, 1.82) is 0 Å². The second kappa shape index (κ2) is 7.19. The number of amides is 1. The number of para-hydroxylation sites is 1. The van der Waals surface area contributed by atoms with Gasteiger partial charge in [-0.2, -0.15) is 0 Å². The fourth-order valence-electron chi connectivity index (χ4n) is 2.25. The van der Waals surface area contributed by atoms with Gasteiger partial charge in [-0.15, -0.1) is 11.3 Å². The SMILES string of the molecule is C[C@H](Sc1nc2ccccc2c(=O)n1C)C(=O)NCc1cccs1. The second-order valence-corrected chi connectivity index (χ2v) is 7.67. The monoisotopic (exact) mass is 359 g/mol. The van der Waals surface area contributed by atoms with Gasteiger partial charge in [0.05, 0.1) is 22.7 Å². The molecule has 0 aliphatic rings. The molecule has 0 aliphatic heterocycles. The number of nitrogens with one attached hydrogen (secondary N) is 1. The summed E-state index contributed by atoms with van der Waals surface area (Å²) in [6.07, 6.45) is 0. The average molecular weight is 359 g/mol. The first-order valence-corrected chi connectivity index (χ1v) is 9.24. The molecular weight excluding hydrogens is 342 g/mol. The second-order valence-electron chi connectivity index (χ2n) is 5.33. The third-order valence-electron chi connectivity index (χ3n) is 3.61. The quantitative estimate of drug-likeness (QED) is 0.562. The van der Waals surface area contributed by atoms with Crippen molar-refractivity contribution >= 4 is 39.9 Å². The van der Waals surface area contributed by atoms with E-state index in [1.165, 1.54) is 16.3 Å². The third-order valence-corrected chi connectivity index (χ3v) is 5.63. The summed E-state index contributed by atoms with van der Waals surface area (Å²) in [6.45, 7) is 2.33. The van der Waals surface area contributed by atoms with Crippen LogP contribution < -0.4 is 10.9 Å². The Kier molecular flexibility index (Phi) is 5.01. The van der Waals surface area contributed by atoms with Gasteiger partial charge in [0.15, 0.2) is 5.16 Å². The molecule has 0 radical (unpaired) electrons. The molecule has 3 rings (SSSR count). The molecule has 2 heterocycles. The number of hydrogen-bond donors (Lipinski definition) is 1. The van der Waals surface area contributed by atoms with E-state index in [1.54, 1.807) is 24.5 Å². The molecule has 0 spiro atoms. The zero-order valence-electron chi connectivity index (χ0n) is 13.4. The molecular formula is C17H17N3O2S2. The molecule has 3 aromatic rings. The summed E-state index contributed by atoms with van der Waals surface area (Å²) in [5, 5.41) is 5.67. The molecule has 7 heteroatoms. The first kappa shape index (κ1) is 16.7. The third kappa shape index (κ3) is 3.52. The highest BCUT2D eigenvalue weighted by Crippen LogP contribution is 2.22. The average Bonchev–Trinajstić information content (AvgIpc) is 3.10. The fraction of sp³-hybridized carbons (Fsp3) is 0.235. The Bertz CT molecular complexity index is 919. The van der Waals surface area contributed by atoms with Crippen LogP contribution in [-0.2, 0) is 18.4 Å². The Hall–Kier alpha value is -2.12. The normalized spacial score (nSPS) is 12.2. The molecule has 124 valence electrons. The van der Waals surface area contributed by atoms with Gasteiger partial charge in [-0.1, -0.05) is 30.0 Å². The standard InChI is InChI=1S/C17H17N3O2S2/c1-11(15(21)18-10-12-6-5-9-23-12)24-17-19-14-8-4-3-7-13(14)16(22)20(17)2/h3-9,11H,10H2,1-2H3,(H,18,21)/t11-/m0/s1. The lowest BCUT2D eigenvalue weighted by atomic mass is 10.2. The topological polar surface area (TPSA) is 64.0 Å². The van der Waals surface area contributed by atoms with E-state index in [2.05, 4.69) is 10.3 Å². The summed E-state index contributed by atoms with van der Waals surface area (Å²) in [5.74, 6) is -0.0733. The number of rotatable bonds is 5. The molecule has 1 N–H and O–H groups in total. The Morgan fingerprint density at radius 2 is 2.12 bits per heavy atom. The van der Waals surface area contributed by atoms with Gasteiger partial charge in [-0.3, -0.25) is 14.2 Å². The van der Waals surface area contributed by atoms with Gasteiger partial charge in [0.25, 0.3) is 5.56 Å². The van der Waals surface area contributed by atoms with Crippen LogP contribution in [0.3, 0.4) is 0 Å². The summed E-state index contributed by atoms with van der Waals surface area (Å²) in [4.78, 5) is 30.3. The smallest absolute Gasteiger partial charge is 0.261 e. The number of thiophene rings is 1. The van der Waals surface area contributed by atoms with E-state index in [1.807, 2.05) is 42.6 Å². The Morgan fingerprint density at radius 3 is 2.88 bits per heavy atom. The number of aromatic nitrogens is 2. The van der Waals surface area contributed by atoms with Crippen LogP contribution in [0.25, 0.3) is 10.9 Å². The molecule has 0 unspecified atom stereocenters. The Morgan fingerprint density at radius 1 is 1.33 bits per heavy atom. The van der Waals surface area contributed by atoms with Crippen molar-refractivity contribution in [2.45, 2.75) is 23.9 Å². The van der Waals surface area contributed by atoms with Crippen LogP contribution in [-0.4, -0.2) is 20.7 Å². The van der Waals surface area contributed by atoms with Gasteiger partial charge >= 0.3 is 0 Å². The van der Waals surface area contributed by atoms with Crippen LogP contribution in [0.1, 0.15) is 11.8 Å². The van der Waals surface area contributed by atoms with Crippen molar-refractivity contribution in [1.82, 2.24) is 14.9 Å². The number of thioether (sulfide) groups is 1. The van der Waals surface area contributed by atoms with E-state index in [0.717, 1.165) is 4.88 Å². The van der Waals surface area contributed by atoms with E-state index >= 15 is 0 Å². The number of carbonyl (C=O) groups is 1. The number of fused-ring (bicyclic) bond motifs is 1. The van der Waals surface area contributed by atoms with Crippen LogP contribution >= 0.6 is 23.1 Å². The van der Waals surface area contributed by atoms with Gasteiger partial charge in [-0.25, -0.2) is 4.98 Å². The maximum absolute atomic E-state index is 12.4. The largest absolute Gasteiger partial charge is 0.350 e. The molecule has 24 heavy (non-hydrogen) atoms. The minimum absolute atomic E-state index is 0.0733. The molecule has 5 nitrogen and oxygen atoms in total. The predicted octanol–water partition coefficient (Wildman–Crippen LogP) is 2.79. The number of carbonyl (C=O) groups excluding carboxylic acids is 1. The molecule has 0 fully saturated rings. The Labute approximate surface area is 147 Å². The molecule has 1 amide bonds. The first-order chi connectivity index (χ1) is 11.6. The zero-order valence-corrected chi connectivity index (χ0v) is 15.0. The summed E-state index contributed by atoms with van der Waals surface area (Å²) in [7, 11) is 1.68. The van der Waals surface area contributed by atoms with Crippen LogP contribution in [0.15, 0.2) is 51.7 Å². The molecule has 0 aliphatic carbocycles. The summed E-state index contributed by atoms with van der Waals surface area (Å²) in [6, 6.07) is 11.2. The molecule has 2 aromatic heterocycles. The van der Waals surface area contributed by atoms with Crippen LogP contribution in [0.5, 0.6) is 0 Å². The van der Waals surface area contributed by atoms with Crippen molar-refractivity contribution in [2.75, 3.05) is 0 Å². The molecule has 0 saturated carbocycles. The predicted molar refractivity (Wildman–Crippen MR) is 98.5 cm³/mol. The highest BCUT2D eigenvalue weighted by Gasteiger charge is 2.18. The van der Waals surface area contributed by atoms with Crippen molar-refractivity contribution in [3.63, 3.8) is 0 Å². The van der Waals surface area contributed by atoms with Gasteiger partial charge in [0.2, 0.25) is 5.91 Å². The van der Waals surface area contributed by atoms with E-state index in [9.17, 15) is 9.59 Å². The summed E-state index contributed by atoms with van der Waals surface area (Å²) >= 11 is 2.89. The number of benzene rings is 1. The lowest BCUT2D eigenvalue weighted by molar-refractivity contribution is -0.120. The van der Waals surface area contributed by atoms with Crippen molar-refractivity contribution in [3.05, 3.63) is 57.0 Å². The van der Waals surface area contributed by atoms with Crippen molar-refractivity contribution in [2.24, 2.45) is 7.05 Å². The van der Waals surface area contributed by atoms with Crippen LogP contribution in [0.2, 0.25) is 0 Å². The summed E-state index contributed by atoms with van der Waals surface area (Å²) in [5.41, 5.74) is 0.545. The first-order valence-electron chi connectivity index (χ1n) is 7.49. The number of hydrogen-bond acceptors (Lipinski definition) is 5. The van der Waals surface area contributed by atoms with Gasteiger partial charge in [0.1, 0.15) is 0 Å². The highest BCUT2D eigenvalue weighted by molar-refractivity contribution is 8.00. The molecule has 1 atom stereocenters. The van der Waals surface area contributed by atoms with E-state index in [4.69, 9.17) is 0 Å². The molecule has 0 bridgehead atoms. The van der Waals surface area contributed by atoms with E-state index in [-0.39, 0.29) is 16.7 Å². The minimum Gasteiger partial charge on any atom is -0.350 e. The lowest BCUT2D eigenvalue weighted by Crippen LogP contribution is -2.31. The highest BCUT2D eigenvalue weighted by atomic mass is 32.2. The van der Waals surface area contributed by atoms with Crippen molar-refractivity contribution in [3.8, 4) is 0 Å². The van der Waals surface area contributed by atoms with Gasteiger partial charge in [-0.05, 0) is 30.5 Å². The van der Waals surface area contributed by atoms with Gasteiger partial charge < -0.3 is 5.32 Å².